The highest BCUT2D eigenvalue weighted by atomic mass is 32.2. The first-order valence-electron chi connectivity index (χ1n) is 7.81. The molecule has 0 aliphatic carbocycles. The Balaban J connectivity index is 3.64. The minimum absolute atomic E-state index is 0.0181. The summed E-state index contributed by atoms with van der Waals surface area (Å²) in [6.07, 6.45) is 1.38. The van der Waals surface area contributed by atoms with Crippen LogP contribution in [0.15, 0.2) is 4.99 Å². The molecule has 0 aromatic rings. The highest BCUT2D eigenvalue weighted by Crippen LogP contribution is 1.98. The van der Waals surface area contributed by atoms with E-state index in [0.29, 0.717) is 43.5 Å². The Bertz CT molecular complexity index is 378. The number of nitrogens with zero attached hydrogens (tertiary/aromatic N) is 1. The van der Waals surface area contributed by atoms with Crippen LogP contribution in [-0.4, -0.2) is 69.1 Å². The molecule has 0 saturated heterocycles. The zero-order valence-corrected chi connectivity index (χ0v) is 15.1. The van der Waals surface area contributed by atoms with Crippen LogP contribution in [0.1, 0.15) is 19.8 Å². The fourth-order valence-electron chi connectivity index (χ4n) is 1.73. The van der Waals surface area contributed by atoms with Gasteiger partial charge >= 0.3 is 0 Å². The Hall–Kier alpha value is -1.48. The monoisotopic (exact) mass is 346 g/mol. The summed E-state index contributed by atoms with van der Waals surface area (Å²) in [7, 11) is 3.49. The lowest BCUT2D eigenvalue weighted by atomic mass is 10.1. The normalized spacial score (nSPS) is 12.4. The fraction of sp³-hybridized carbons (Fsp3) is 0.786. The largest absolute Gasteiger partial charge is 0.359 e. The number of carbonyl (C=O) groups excluding carboxylic acids is 2. The van der Waals surface area contributed by atoms with Crippen LogP contribution >= 0.6 is 11.8 Å². The van der Waals surface area contributed by atoms with Gasteiger partial charge < -0.3 is 27.0 Å². The third-order valence-corrected chi connectivity index (χ3v) is 3.89. The van der Waals surface area contributed by atoms with Crippen molar-refractivity contribution in [3.8, 4) is 0 Å². The SMILES string of the molecule is CCNC(=O)CSCCNC(=O)C(N)CCCNC(=NC)NC. The molecule has 23 heavy (non-hydrogen) atoms. The molecule has 0 aromatic carbocycles. The van der Waals surface area contributed by atoms with Crippen molar-refractivity contribution in [1.29, 1.82) is 0 Å². The van der Waals surface area contributed by atoms with Gasteiger partial charge in [-0.25, -0.2) is 0 Å². The van der Waals surface area contributed by atoms with E-state index in [1.54, 1.807) is 14.1 Å². The smallest absolute Gasteiger partial charge is 0.236 e. The van der Waals surface area contributed by atoms with Gasteiger partial charge in [-0.1, -0.05) is 0 Å². The van der Waals surface area contributed by atoms with Gasteiger partial charge in [0, 0.05) is 39.5 Å². The number of guanidine groups is 1. The molecule has 0 saturated carbocycles. The predicted molar refractivity (Wildman–Crippen MR) is 96.6 cm³/mol. The van der Waals surface area contributed by atoms with Crippen molar-refractivity contribution >= 4 is 29.5 Å². The maximum Gasteiger partial charge on any atom is 0.236 e. The van der Waals surface area contributed by atoms with Crippen LogP contribution in [-0.2, 0) is 9.59 Å². The van der Waals surface area contributed by atoms with Crippen LogP contribution in [0.2, 0.25) is 0 Å². The summed E-state index contributed by atoms with van der Waals surface area (Å²) in [5, 5.41) is 11.5. The Morgan fingerprint density at radius 3 is 2.57 bits per heavy atom. The minimum Gasteiger partial charge on any atom is -0.359 e. The molecule has 0 aromatic heterocycles. The average Bonchev–Trinajstić information content (AvgIpc) is 2.54. The molecule has 1 unspecified atom stereocenters. The van der Waals surface area contributed by atoms with E-state index >= 15 is 0 Å². The van der Waals surface area contributed by atoms with Crippen molar-refractivity contribution in [2.75, 3.05) is 45.2 Å². The summed E-state index contributed by atoms with van der Waals surface area (Å²) in [5.74, 6) is 1.68. The first-order chi connectivity index (χ1) is 11.0. The van der Waals surface area contributed by atoms with E-state index in [1.165, 1.54) is 11.8 Å². The maximum atomic E-state index is 11.8. The van der Waals surface area contributed by atoms with Gasteiger partial charge in [0.05, 0.1) is 11.8 Å². The van der Waals surface area contributed by atoms with Crippen molar-refractivity contribution < 1.29 is 9.59 Å². The molecular formula is C14H30N6O2S. The molecule has 0 fully saturated rings. The summed E-state index contributed by atoms with van der Waals surface area (Å²) >= 11 is 1.49. The number of nitrogens with two attached hydrogens (primary N) is 1. The molecular weight excluding hydrogens is 316 g/mol. The Kier molecular flexibility index (Phi) is 13.2. The maximum absolute atomic E-state index is 11.8. The summed E-state index contributed by atoms with van der Waals surface area (Å²) in [6, 6.07) is -0.512. The molecule has 6 N–H and O–H groups in total. The number of hydrogen-bond acceptors (Lipinski definition) is 5. The van der Waals surface area contributed by atoms with E-state index in [9.17, 15) is 9.59 Å². The molecule has 8 nitrogen and oxygen atoms in total. The van der Waals surface area contributed by atoms with Gasteiger partial charge in [-0.2, -0.15) is 11.8 Å². The van der Waals surface area contributed by atoms with Crippen molar-refractivity contribution in [2.24, 2.45) is 10.7 Å². The zero-order chi connectivity index (χ0) is 17.5. The lowest BCUT2D eigenvalue weighted by molar-refractivity contribution is -0.122. The Morgan fingerprint density at radius 1 is 1.22 bits per heavy atom. The molecule has 0 aliphatic rings. The number of amides is 2. The fourth-order valence-corrected chi connectivity index (χ4v) is 2.41. The summed E-state index contributed by atoms with van der Waals surface area (Å²) < 4.78 is 0. The van der Waals surface area contributed by atoms with Crippen molar-refractivity contribution in [1.82, 2.24) is 21.3 Å². The molecule has 9 heteroatoms. The van der Waals surface area contributed by atoms with Crippen molar-refractivity contribution in [3.63, 3.8) is 0 Å². The van der Waals surface area contributed by atoms with E-state index in [1.807, 2.05) is 6.92 Å². The quantitative estimate of drug-likeness (QED) is 0.183. The number of nitrogens with one attached hydrogen (secondary N) is 4. The van der Waals surface area contributed by atoms with Gasteiger partial charge in [0.15, 0.2) is 5.96 Å². The third kappa shape index (κ3) is 11.7. The molecule has 134 valence electrons. The predicted octanol–water partition coefficient (Wildman–Crippen LogP) is -1.13. The lowest BCUT2D eigenvalue weighted by Crippen LogP contribution is -2.42. The van der Waals surface area contributed by atoms with Crippen LogP contribution in [0.5, 0.6) is 0 Å². The summed E-state index contributed by atoms with van der Waals surface area (Å²) in [5.41, 5.74) is 5.85. The summed E-state index contributed by atoms with van der Waals surface area (Å²) in [6.45, 7) is 3.74. The van der Waals surface area contributed by atoms with Crippen LogP contribution in [0.25, 0.3) is 0 Å². The number of thioether (sulfide) groups is 1. The van der Waals surface area contributed by atoms with Gasteiger partial charge in [0.25, 0.3) is 0 Å². The van der Waals surface area contributed by atoms with E-state index in [2.05, 4.69) is 26.3 Å². The third-order valence-electron chi connectivity index (χ3n) is 2.93. The van der Waals surface area contributed by atoms with Crippen molar-refractivity contribution in [2.45, 2.75) is 25.8 Å². The number of rotatable bonds is 11. The number of aliphatic imine (C=N–C) groups is 1. The highest BCUT2D eigenvalue weighted by Gasteiger charge is 2.12. The standard InChI is InChI=1S/C14H30N6O2S/c1-4-18-12(21)10-23-9-8-19-13(22)11(15)6-5-7-20-14(16-2)17-3/h11H,4-10,15H2,1-3H3,(H,18,21)(H,19,22)(H2,16,17,20). The van der Waals surface area contributed by atoms with Crippen LogP contribution in [0, 0.1) is 0 Å². The Labute approximate surface area is 142 Å². The lowest BCUT2D eigenvalue weighted by Gasteiger charge is -2.13. The number of hydrogen-bond donors (Lipinski definition) is 5. The molecule has 0 radical (unpaired) electrons. The van der Waals surface area contributed by atoms with Gasteiger partial charge in [-0.3, -0.25) is 14.6 Å². The zero-order valence-electron chi connectivity index (χ0n) is 14.3. The second-order valence-corrected chi connectivity index (χ2v) is 5.90. The van der Waals surface area contributed by atoms with Crippen molar-refractivity contribution in [3.05, 3.63) is 0 Å². The highest BCUT2D eigenvalue weighted by molar-refractivity contribution is 7.99. The van der Waals surface area contributed by atoms with E-state index in [0.717, 1.165) is 6.42 Å². The average molecular weight is 347 g/mol. The molecule has 0 aliphatic heterocycles. The number of carbonyl (C=O) groups is 2. The molecule has 0 heterocycles. The van der Waals surface area contributed by atoms with Crippen LogP contribution in [0.4, 0.5) is 0 Å². The molecule has 2 amide bonds. The van der Waals surface area contributed by atoms with Crippen LogP contribution < -0.4 is 27.0 Å². The summed E-state index contributed by atoms with van der Waals surface area (Å²) in [4.78, 5) is 27.0. The van der Waals surface area contributed by atoms with E-state index in [4.69, 9.17) is 5.73 Å². The topological polar surface area (TPSA) is 121 Å². The van der Waals surface area contributed by atoms with E-state index in [-0.39, 0.29) is 11.8 Å². The van der Waals surface area contributed by atoms with Gasteiger partial charge in [-0.05, 0) is 19.8 Å². The van der Waals surface area contributed by atoms with Crippen LogP contribution in [0.3, 0.4) is 0 Å². The molecule has 1 atom stereocenters. The Morgan fingerprint density at radius 2 is 1.96 bits per heavy atom. The molecule has 0 rings (SSSR count). The second-order valence-electron chi connectivity index (χ2n) is 4.79. The second kappa shape index (κ2) is 14.1. The van der Waals surface area contributed by atoms with Gasteiger partial charge in [-0.15, -0.1) is 0 Å². The first kappa shape index (κ1) is 21.5. The molecule has 0 spiro atoms. The van der Waals surface area contributed by atoms with Gasteiger partial charge in [0.1, 0.15) is 0 Å². The minimum atomic E-state index is -0.512. The molecule has 0 bridgehead atoms. The first-order valence-corrected chi connectivity index (χ1v) is 8.96. The van der Waals surface area contributed by atoms with Gasteiger partial charge in [0.2, 0.25) is 11.8 Å². The van der Waals surface area contributed by atoms with E-state index < -0.39 is 6.04 Å².